The van der Waals surface area contributed by atoms with Gasteiger partial charge in [-0.05, 0) is 42.7 Å². The predicted octanol–water partition coefficient (Wildman–Crippen LogP) is 1.25. The largest absolute Gasteiger partial charge is 0.319 e. The molecule has 1 aliphatic rings. The Morgan fingerprint density at radius 3 is 2.95 bits per heavy atom. The molecule has 0 spiro atoms. The van der Waals surface area contributed by atoms with Crippen LogP contribution < -0.4 is 5.32 Å². The summed E-state index contributed by atoms with van der Waals surface area (Å²) in [5, 5.41) is 15.9. The zero-order valence-corrected chi connectivity index (χ0v) is 12.1. The molecule has 0 fully saturated rings. The monoisotopic (exact) mass is 271 g/mol. The molecule has 0 radical (unpaired) electrons. The first-order valence-electron chi connectivity index (χ1n) is 7.19. The molecule has 1 atom stereocenters. The van der Waals surface area contributed by atoms with Gasteiger partial charge in [-0.3, -0.25) is 0 Å². The van der Waals surface area contributed by atoms with Crippen molar-refractivity contribution in [3.8, 4) is 0 Å². The lowest BCUT2D eigenvalue weighted by Gasteiger charge is -2.38. The van der Waals surface area contributed by atoms with Gasteiger partial charge in [0.15, 0.2) is 5.82 Å². The summed E-state index contributed by atoms with van der Waals surface area (Å²) >= 11 is 0. The average Bonchev–Trinajstić information content (AvgIpc) is 2.85. The molecular weight excluding hydrogens is 250 g/mol. The van der Waals surface area contributed by atoms with Gasteiger partial charge in [0.05, 0.1) is 7.05 Å². The quantitative estimate of drug-likeness (QED) is 0.909. The predicted molar refractivity (Wildman–Crippen MR) is 77.5 cm³/mol. The third kappa shape index (κ3) is 2.33. The van der Waals surface area contributed by atoms with Crippen molar-refractivity contribution in [3.63, 3.8) is 0 Å². The molecular formula is C15H21N5. The van der Waals surface area contributed by atoms with Crippen molar-refractivity contribution in [1.29, 1.82) is 0 Å². The van der Waals surface area contributed by atoms with Gasteiger partial charge in [0, 0.05) is 18.4 Å². The standard InChI is InChI=1S/C15H21N5/c1-16-11-15(10-14-17-19-20(2)18-14)9-5-7-12-6-3-4-8-13(12)15/h3-4,6,8,16H,5,7,9-11H2,1-2H3. The van der Waals surface area contributed by atoms with E-state index in [-0.39, 0.29) is 5.41 Å². The maximum Gasteiger partial charge on any atom is 0.175 e. The van der Waals surface area contributed by atoms with Crippen LogP contribution in [0.4, 0.5) is 0 Å². The number of hydrogen-bond acceptors (Lipinski definition) is 4. The number of rotatable bonds is 4. The van der Waals surface area contributed by atoms with Crippen molar-refractivity contribution in [1.82, 2.24) is 25.5 Å². The lowest BCUT2D eigenvalue weighted by atomic mass is 9.68. The van der Waals surface area contributed by atoms with E-state index in [9.17, 15) is 0 Å². The Hall–Kier alpha value is -1.75. The van der Waals surface area contributed by atoms with Crippen LogP contribution in [0, 0.1) is 0 Å². The fourth-order valence-electron chi connectivity index (χ4n) is 3.47. The summed E-state index contributed by atoms with van der Waals surface area (Å²) in [5.41, 5.74) is 3.01. The van der Waals surface area contributed by atoms with E-state index in [0.29, 0.717) is 0 Å². The van der Waals surface area contributed by atoms with Crippen molar-refractivity contribution in [2.75, 3.05) is 13.6 Å². The molecule has 1 N–H and O–H groups in total. The van der Waals surface area contributed by atoms with Crippen LogP contribution in [-0.4, -0.2) is 33.8 Å². The third-order valence-corrected chi connectivity index (χ3v) is 4.25. The molecule has 106 valence electrons. The summed E-state index contributed by atoms with van der Waals surface area (Å²) in [6, 6.07) is 8.79. The summed E-state index contributed by atoms with van der Waals surface area (Å²) in [6.07, 6.45) is 4.41. The summed E-state index contributed by atoms with van der Waals surface area (Å²) < 4.78 is 0. The fourth-order valence-corrected chi connectivity index (χ4v) is 3.47. The highest BCUT2D eigenvalue weighted by Crippen LogP contribution is 2.39. The summed E-state index contributed by atoms with van der Waals surface area (Å²) in [7, 11) is 3.83. The molecule has 1 heterocycles. The first-order chi connectivity index (χ1) is 9.73. The fraction of sp³-hybridized carbons (Fsp3) is 0.533. The SMILES string of the molecule is CNCC1(Cc2nnn(C)n2)CCCc2ccccc21. The van der Waals surface area contributed by atoms with Gasteiger partial charge in [-0.15, -0.1) is 10.2 Å². The molecule has 3 rings (SSSR count). The maximum absolute atomic E-state index is 4.37. The average molecular weight is 271 g/mol. The van der Waals surface area contributed by atoms with Crippen molar-refractivity contribution in [3.05, 3.63) is 41.2 Å². The Balaban J connectivity index is 2.00. The van der Waals surface area contributed by atoms with Gasteiger partial charge in [0.2, 0.25) is 0 Å². The van der Waals surface area contributed by atoms with E-state index < -0.39 is 0 Å². The van der Waals surface area contributed by atoms with Crippen LogP contribution in [0.5, 0.6) is 0 Å². The van der Waals surface area contributed by atoms with Gasteiger partial charge in [-0.25, -0.2) is 0 Å². The highest BCUT2D eigenvalue weighted by atomic mass is 15.6. The highest BCUT2D eigenvalue weighted by molar-refractivity contribution is 5.38. The van der Waals surface area contributed by atoms with Gasteiger partial charge in [-0.1, -0.05) is 24.3 Å². The van der Waals surface area contributed by atoms with Crippen molar-refractivity contribution < 1.29 is 0 Å². The topological polar surface area (TPSA) is 55.6 Å². The summed E-state index contributed by atoms with van der Waals surface area (Å²) in [5.74, 6) is 0.833. The van der Waals surface area contributed by atoms with E-state index in [4.69, 9.17) is 0 Å². The summed E-state index contributed by atoms with van der Waals surface area (Å²) in [4.78, 5) is 1.54. The van der Waals surface area contributed by atoms with Gasteiger partial charge in [0.1, 0.15) is 0 Å². The van der Waals surface area contributed by atoms with Crippen LogP contribution in [0.1, 0.15) is 29.8 Å². The molecule has 0 amide bonds. The number of nitrogens with zero attached hydrogens (tertiary/aromatic N) is 4. The molecule has 0 bridgehead atoms. The van der Waals surface area contributed by atoms with Crippen LogP contribution in [0.3, 0.4) is 0 Å². The number of fused-ring (bicyclic) bond motifs is 1. The van der Waals surface area contributed by atoms with Gasteiger partial charge in [-0.2, -0.15) is 4.80 Å². The number of nitrogens with one attached hydrogen (secondary N) is 1. The first kappa shape index (κ1) is 13.2. The van der Waals surface area contributed by atoms with E-state index >= 15 is 0 Å². The molecule has 5 nitrogen and oxygen atoms in total. The molecule has 0 saturated heterocycles. The lowest BCUT2D eigenvalue weighted by molar-refractivity contribution is 0.338. The number of hydrogen-bond donors (Lipinski definition) is 1. The number of aromatic nitrogens is 4. The Morgan fingerprint density at radius 1 is 1.35 bits per heavy atom. The van der Waals surface area contributed by atoms with E-state index in [1.54, 1.807) is 0 Å². The molecule has 20 heavy (non-hydrogen) atoms. The number of benzene rings is 1. The molecule has 0 saturated carbocycles. The minimum Gasteiger partial charge on any atom is -0.319 e. The number of aryl methyl sites for hydroxylation is 2. The Kier molecular flexibility index (Phi) is 3.53. The van der Waals surface area contributed by atoms with Crippen LogP contribution in [0.25, 0.3) is 0 Å². The van der Waals surface area contributed by atoms with Crippen LogP contribution in [0.15, 0.2) is 24.3 Å². The van der Waals surface area contributed by atoms with Gasteiger partial charge in [0.25, 0.3) is 0 Å². The van der Waals surface area contributed by atoms with Crippen LogP contribution in [-0.2, 0) is 25.3 Å². The molecule has 1 unspecified atom stereocenters. The lowest BCUT2D eigenvalue weighted by Crippen LogP contribution is -2.42. The van der Waals surface area contributed by atoms with Crippen LogP contribution >= 0.6 is 0 Å². The molecule has 5 heteroatoms. The molecule has 1 aromatic heterocycles. The second-order valence-electron chi connectivity index (χ2n) is 5.69. The number of likely N-dealkylation sites (N-methyl/N-ethyl adjacent to an activating group) is 1. The molecule has 0 aliphatic heterocycles. The highest BCUT2D eigenvalue weighted by Gasteiger charge is 2.37. The van der Waals surface area contributed by atoms with Crippen LogP contribution in [0.2, 0.25) is 0 Å². The van der Waals surface area contributed by atoms with Gasteiger partial charge >= 0.3 is 0 Å². The zero-order valence-electron chi connectivity index (χ0n) is 12.1. The van der Waals surface area contributed by atoms with Gasteiger partial charge < -0.3 is 5.32 Å². The van der Waals surface area contributed by atoms with E-state index in [1.807, 2.05) is 14.1 Å². The normalized spacial score (nSPS) is 21.7. The Bertz CT molecular complexity index is 591. The molecule has 1 aromatic carbocycles. The molecule has 1 aliphatic carbocycles. The van der Waals surface area contributed by atoms with Crippen molar-refractivity contribution >= 4 is 0 Å². The second kappa shape index (κ2) is 5.32. The van der Waals surface area contributed by atoms with Crippen molar-refractivity contribution in [2.24, 2.45) is 7.05 Å². The van der Waals surface area contributed by atoms with Crippen molar-refractivity contribution in [2.45, 2.75) is 31.1 Å². The zero-order chi connectivity index (χ0) is 14.0. The van der Waals surface area contributed by atoms with E-state index in [2.05, 4.69) is 45.0 Å². The Labute approximate surface area is 119 Å². The minimum absolute atomic E-state index is 0.0899. The summed E-state index contributed by atoms with van der Waals surface area (Å²) in [6.45, 7) is 0.947. The second-order valence-corrected chi connectivity index (χ2v) is 5.69. The first-order valence-corrected chi connectivity index (χ1v) is 7.19. The van der Waals surface area contributed by atoms with E-state index in [1.165, 1.54) is 35.2 Å². The smallest absolute Gasteiger partial charge is 0.175 e. The number of tetrazole rings is 1. The molecule has 2 aromatic rings. The third-order valence-electron chi connectivity index (χ3n) is 4.25. The minimum atomic E-state index is 0.0899. The maximum atomic E-state index is 4.37. The van der Waals surface area contributed by atoms with E-state index in [0.717, 1.165) is 18.8 Å². The Morgan fingerprint density at radius 2 is 2.20 bits per heavy atom.